The topological polar surface area (TPSA) is 92.1 Å². The van der Waals surface area contributed by atoms with Crippen LogP contribution in [-0.4, -0.2) is 36.0 Å². The number of nitrogens with one attached hydrogen (secondary N) is 1. The third-order valence-corrected chi connectivity index (χ3v) is 5.82. The Morgan fingerprint density at radius 2 is 2.10 bits per heavy atom. The van der Waals surface area contributed by atoms with Crippen molar-refractivity contribution in [2.75, 3.05) is 18.8 Å². The van der Waals surface area contributed by atoms with E-state index < -0.39 is 10.0 Å². The van der Waals surface area contributed by atoms with Gasteiger partial charge in [-0.3, -0.25) is 5.10 Å². The van der Waals surface area contributed by atoms with Crippen molar-refractivity contribution < 1.29 is 8.42 Å². The summed E-state index contributed by atoms with van der Waals surface area (Å²) in [7, 11) is -3.54. The first-order valence-electron chi connectivity index (χ1n) is 6.93. The number of piperidine rings is 1. The van der Waals surface area contributed by atoms with Crippen LogP contribution in [0.2, 0.25) is 0 Å². The molecule has 3 rings (SSSR count). The molecule has 6 nitrogen and oxygen atoms in total. The number of sulfonamides is 1. The minimum Gasteiger partial charge on any atom is -0.398 e. The van der Waals surface area contributed by atoms with Crippen LogP contribution in [0.15, 0.2) is 41.4 Å². The van der Waals surface area contributed by atoms with Crippen molar-refractivity contribution in [1.82, 2.24) is 14.5 Å². The van der Waals surface area contributed by atoms with Gasteiger partial charge in [0.05, 0.1) is 5.69 Å². The number of rotatable bonds is 3. The average Bonchev–Trinajstić information content (AvgIpc) is 3.02. The summed E-state index contributed by atoms with van der Waals surface area (Å²) in [6.45, 7) is 0.986. The number of hydrogen-bond donors (Lipinski definition) is 2. The molecule has 21 heavy (non-hydrogen) atoms. The third kappa shape index (κ3) is 2.66. The van der Waals surface area contributed by atoms with Crippen LogP contribution in [0.3, 0.4) is 0 Å². The molecule has 1 aliphatic heterocycles. The lowest BCUT2D eigenvalue weighted by atomic mass is 9.96. The van der Waals surface area contributed by atoms with Gasteiger partial charge in [-0.1, -0.05) is 12.1 Å². The molecule has 1 atom stereocenters. The molecular weight excluding hydrogens is 288 g/mol. The van der Waals surface area contributed by atoms with Crippen molar-refractivity contribution in [3.63, 3.8) is 0 Å². The number of nitrogen functional groups attached to an aromatic ring is 1. The molecule has 0 saturated carbocycles. The Kier molecular flexibility index (Phi) is 3.69. The van der Waals surface area contributed by atoms with Gasteiger partial charge in [-0.2, -0.15) is 9.40 Å². The summed E-state index contributed by atoms with van der Waals surface area (Å²) in [6, 6.07) is 8.50. The molecule has 1 aliphatic rings. The molecular formula is C14H18N4O2S. The van der Waals surface area contributed by atoms with Crippen LogP contribution in [0.1, 0.15) is 24.5 Å². The van der Waals surface area contributed by atoms with E-state index in [0.717, 1.165) is 18.5 Å². The van der Waals surface area contributed by atoms with Crippen molar-refractivity contribution in [1.29, 1.82) is 0 Å². The van der Waals surface area contributed by atoms with Gasteiger partial charge in [0.25, 0.3) is 0 Å². The summed E-state index contributed by atoms with van der Waals surface area (Å²) in [6.07, 6.45) is 3.48. The number of nitrogens with zero attached hydrogens (tertiary/aromatic N) is 2. The molecule has 0 spiro atoms. The van der Waals surface area contributed by atoms with Crippen LogP contribution in [-0.2, 0) is 10.0 Å². The maximum Gasteiger partial charge on any atom is 0.245 e. The van der Waals surface area contributed by atoms with Crippen LogP contribution in [0.25, 0.3) is 0 Å². The van der Waals surface area contributed by atoms with E-state index in [1.165, 1.54) is 4.31 Å². The van der Waals surface area contributed by atoms with Crippen molar-refractivity contribution in [2.45, 2.75) is 23.7 Å². The molecule has 3 N–H and O–H groups in total. The Morgan fingerprint density at radius 1 is 1.29 bits per heavy atom. The van der Waals surface area contributed by atoms with Gasteiger partial charge in [-0.25, -0.2) is 8.42 Å². The van der Waals surface area contributed by atoms with Gasteiger partial charge in [-0.15, -0.1) is 0 Å². The Bertz CT molecular complexity index is 712. The highest BCUT2D eigenvalue weighted by molar-refractivity contribution is 7.89. The van der Waals surface area contributed by atoms with Crippen molar-refractivity contribution in [3.8, 4) is 0 Å². The minimum atomic E-state index is -3.54. The molecule has 0 amide bonds. The first-order valence-corrected chi connectivity index (χ1v) is 8.37. The summed E-state index contributed by atoms with van der Waals surface area (Å²) in [4.78, 5) is 0.190. The number of nitrogens with two attached hydrogens (primary N) is 1. The van der Waals surface area contributed by atoms with Gasteiger partial charge in [0, 0.05) is 30.9 Å². The molecule has 1 saturated heterocycles. The smallest absolute Gasteiger partial charge is 0.245 e. The molecule has 7 heteroatoms. The number of aromatic nitrogens is 2. The van der Waals surface area contributed by atoms with Crippen LogP contribution < -0.4 is 5.73 Å². The zero-order chi connectivity index (χ0) is 14.9. The van der Waals surface area contributed by atoms with Crippen LogP contribution in [0, 0.1) is 0 Å². The zero-order valence-electron chi connectivity index (χ0n) is 11.6. The van der Waals surface area contributed by atoms with E-state index >= 15 is 0 Å². The maximum absolute atomic E-state index is 12.7. The second-order valence-electron chi connectivity index (χ2n) is 5.25. The molecule has 0 bridgehead atoms. The maximum atomic E-state index is 12.7. The molecule has 2 aromatic rings. The summed E-state index contributed by atoms with van der Waals surface area (Å²) >= 11 is 0. The highest BCUT2D eigenvalue weighted by Gasteiger charge is 2.32. The van der Waals surface area contributed by atoms with E-state index in [0.29, 0.717) is 18.8 Å². The molecule has 0 aliphatic carbocycles. The van der Waals surface area contributed by atoms with E-state index in [-0.39, 0.29) is 10.8 Å². The number of benzene rings is 1. The summed E-state index contributed by atoms with van der Waals surface area (Å²) in [5.74, 6) is 0.154. The van der Waals surface area contributed by atoms with Crippen LogP contribution in [0.4, 0.5) is 5.69 Å². The number of para-hydroxylation sites is 1. The Balaban J connectivity index is 1.88. The molecule has 0 radical (unpaired) electrons. The number of anilines is 1. The van der Waals surface area contributed by atoms with Gasteiger partial charge in [0.15, 0.2) is 0 Å². The van der Waals surface area contributed by atoms with Gasteiger partial charge in [0.2, 0.25) is 10.0 Å². The van der Waals surface area contributed by atoms with E-state index in [1.807, 2.05) is 6.07 Å². The minimum absolute atomic E-state index is 0.154. The largest absolute Gasteiger partial charge is 0.398 e. The Labute approximate surface area is 124 Å². The first-order chi connectivity index (χ1) is 10.1. The fourth-order valence-electron chi connectivity index (χ4n) is 2.76. The molecule has 1 unspecified atom stereocenters. The van der Waals surface area contributed by atoms with Gasteiger partial charge < -0.3 is 5.73 Å². The summed E-state index contributed by atoms with van der Waals surface area (Å²) in [5.41, 5.74) is 7.10. The van der Waals surface area contributed by atoms with Gasteiger partial charge in [0.1, 0.15) is 4.90 Å². The lowest BCUT2D eigenvalue weighted by Crippen LogP contribution is -2.39. The van der Waals surface area contributed by atoms with Gasteiger partial charge >= 0.3 is 0 Å². The monoisotopic (exact) mass is 306 g/mol. The number of H-pyrrole nitrogens is 1. The Hall–Kier alpha value is -1.86. The number of aromatic amines is 1. The van der Waals surface area contributed by atoms with Crippen molar-refractivity contribution in [2.24, 2.45) is 0 Å². The lowest BCUT2D eigenvalue weighted by molar-refractivity contribution is 0.312. The summed E-state index contributed by atoms with van der Waals surface area (Å²) < 4.78 is 27.0. The molecule has 1 aromatic heterocycles. The predicted molar refractivity (Wildman–Crippen MR) is 80.2 cm³/mol. The lowest BCUT2D eigenvalue weighted by Gasteiger charge is -2.31. The normalized spacial score (nSPS) is 20.5. The van der Waals surface area contributed by atoms with Crippen LogP contribution in [0.5, 0.6) is 0 Å². The predicted octanol–water partition coefficient (Wildman–Crippen LogP) is 1.56. The highest BCUT2D eigenvalue weighted by Crippen LogP contribution is 2.30. The molecule has 1 aromatic carbocycles. The van der Waals surface area contributed by atoms with E-state index in [9.17, 15) is 8.42 Å². The average molecular weight is 306 g/mol. The molecule has 112 valence electrons. The van der Waals surface area contributed by atoms with Crippen molar-refractivity contribution in [3.05, 3.63) is 42.2 Å². The fourth-order valence-corrected chi connectivity index (χ4v) is 4.40. The van der Waals surface area contributed by atoms with Crippen LogP contribution >= 0.6 is 0 Å². The summed E-state index contributed by atoms with van der Waals surface area (Å²) in [5, 5.41) is 6.88. The second-order valence-corrected chi connectivity index (χ2v) is 7.16. The SMILES string of the molecule is Nc1ccccc1S(=O)(=O)N1CCCC(c2ccn[nH]2)C1. The first kappa shape index (κ1) is 14.1. The number of hydrogen-bond acceptors (Lipinski definition) is 4. The van der Waals surface area contributed by atoms with Gasteiger partial charge in [-0.05, 0) is 31.0 Å². The Morgan fingerprint density at radius 3 is 2.81 bits per heavy atom. The molecule has 2 heterocycles. The standard InChI is InChI=1S/C14H18N4O2S/c15-12-5-1-2-6-14(12)21(19,20)18-9-3-4-11(10-18)13-7-8-16-17-13/h1-2,5-8,11H,3-4,9-10,15H2,(H,16,17). The zero-order valence-corrected chi connectivity index (χ0v) is 12.4. The highest BCUT2D eigenvalue weighted by atomic mass is 32.2. The fraction of sp³-hybridized carbons (Fsp3) is 0.357. The third-order valence-electron chi connectivity index (χ3n) is 3.88. The van der Waals surface area contributed by atoms with E-state index in [2.05, 4.69) is 10.2 Å². The quantitative estimate of drug-likeness (QED) is 0.842. The van der Waals surface area contributed by atoms with Crippen molar-refractivity contribution >= 4 is 15.7 Å². The van der Waals surface area contributed by atoms with E-state index in [1.54, 1.807) is 30.5 Å². The molecule has 1 fully saturated rings. The van der Waals surface area contributed by atoms with E-state index in [4.69, 9.17) is 5.73 Å². The second kappa shape index (κ2) is 5.50.